The van der Waals surface area contributed by atoms with Crippen molar-refractivity contribution in [2.75, 3.05) is 0 Å². The van der Waals surface area contributed by atoms with Crippen LogP contribution in [0.3, 0.4) is 0 Å². The molecule has 19 heavy (non-hydrogen) atoms. The molecule has 0 heterocycles. The van der Waals surface area contributed by atoms with Crippen LogP contribution in [0.1, 0.15) is 43.0 Å². The molecule has 1 aliphatic rings. The Balaban J connectivity index is 2.01. The minimum Gasteiger partial charge on any atom is -0.352 e. The zero-order chi connectivity index (χ0) is 13.8. The van der Waals surface area contributed by atoms with Gasteiger partial charge >= 0.3 is 0 Å². The van der Waals surface area contributed by atoms with E-state index >= 15 is 0 Å². The van der Waals surface area contributed by atoms with Crippen LogP contribution in [0.4, 0.5) is 4.39 Å². The molecule has 5 heteroatoms. The predicted octanol–water partition coefficient (Wildman–Crippen LogP) is 4.21. The molecule has 1 saturated carbocycles. The summed E-state index contributed by atoms with van der Waals surface area (Å²) in [5, 5.41) is 2.25. The summed E-state index contributed by atoms with van der Waals surface area (Å²) >= 11 is 11.8. The number of nitrogens with one attached hydrogen (secondary N) is 1. The highest BCUT2D eigenvalue weighted by molar-refractivity contribution is 6.32. The summed E-state index contributed by atoms with van der Waals surface area (Å²) in [7, 11) is 0. The van der Waals surface area contributed by atoms with Crippen LogP contribution >= 0.6 is 23.2 Å². The van der Waals surface area contributed by atoms with Crippen molar-refractivity contribution in [2.45, 2.75) is 43.5 Å². The van der Waals surface area contributed by atoms with Gasteiger partial charge in [-0.25, -0.2) is 4.39 Å². The fourth-order valence-corrected chi connectivity index (χ4v) is 2.81. The summed E-state index contributed by atoms with van der Waals surface area (Å²) in [6, 6.07) is 4.13. The molecule has 2 rings (SSSR count). The van der Waals surface area contributed by atoms with Crippen molar-refractivity contribution in [1.29, 1.82) is 0 Å². The van der Waals surface area contributed by atoms with Crippen LogP contribution in [0, 0.1) is 5.82 Å². The first-order valence-corrected chi connectivity index (χ1v) is 7.28. The summed E-state index contributed by atoms with van der Waals surface area (Å²) < 4.78 is 13.2. The lowest BCUT2D eigenvalue weighted by Crippen LogP contribution is -2.38. The van der Waals surface area contributed by atoms with Crippen LogP contribution < -0.4 is 5.32 Å². The number of alkyl halides is 1. The van der Waals surface area contributed by atoms with E-state index < -0.39 is 11.2 Å². The molecule has 1 aromatic carbocycles. The Labute approximate surface area is 122 Å². The highest BCUT2D eigenvalue weighted by atomic mass is 35.5. The van der Waals surface area contributed by atoms with Crippen LogP contribution in [-0.2, 0) is 4.79 Å². The molecule has 2 nitrogen and oxygen atoms in total. The molecule has 104 valence electrons. The number of hydrogen-bond donors (Lipinski definition) is 1. The molecule has 1 aliphatic carbocycles. The third-order valence-electron chi connectivity index (χ3n) is 3.36. The van der Waals surface area contributed by atoms with E-state index in [-0.39, 0.29) is 17.0 Å². The molecule has 0 aromatic heterocycles. The molecule has 1 fully saturated rings. The lowest BCUT2D eigenvalue weighted by Gasteiger charge is -2.24. The molecule has 1 atom stereocenters. The molecular weight excluding hydrogens is 288 g/mol. The fourth-order valence-electron chi connectivity index (χ4n) is 2.39. The maximum atomic E-state index is 13.2. The first-order chi connectivity index (χ1) is 9.06. The molecule has 0 aliphatic heterocycles. The van der Waals surface area contributed by atoms with Crippen LogP contribution in [-0.4, -0.2) is 11.9 Å². The van der Waals surface area contributed by atoms with Crippen LogP contribution in [0.2, 0.25) is 5.02 Å². The Kier molecular flexibility index (Phi) is 5.06. The molecule has 0 spiro atoms. The van der Waals surface area contributed by atoms with Crippen LogP contribution in [0.5, 0.6) is 0 Å². The molecule has 1 unspecified atom stereocenters. The Morgan fingerprint density at radius 2 is 1.95 bits per heavy atom. The molecular formula is C14H16Cl2FNO. The van der Waals surface area contributed by atoms with E-state index in [1.807, 2.05) is 0 Å². The summed E-state index contributed by atoms with van der Waals surface area (Å²) in [6.07, 6.45) is 5.45. The van der Waals surface area contributed by atoms with Crippen molar-refractivity contribution in [2.24, 2.45) is 0 Å². The lowest BCUT2D eigenvalue weighted by molar-refractivity contribution is -0.121. The number of carbonyl (C=O) groups excluding carboxylic acids is 1. The second-order valence-electron chi connectivity index (χ2n) is 4.91. The Morgan fingerprint density at radius 1 is 1.26 bits per heavy atom. The molecule has 0 radical (unpaired) electrons. The van der Waals surface area contributed by atoms with Crippen molar-refractivity contribution < 1.29 is 9.18 Å². The Bertz CT molecular complexity index is 441. The van der Waals surface area contributed by atoms with Gasteiger partial charge in [-0.05, 0) is 36.6 Å². The number of rotatable bonds is 3. The first-order valence-electron chi connectivity index (χ1n) is 6.46. The average molecular weight is 304 g/mol. The van der Waals surface area contributed by atoms with Gasteiger partial charge < -0.3 is 5.32 Å². The fraction of sp³-hybridized carbons (Fsp3) is 0.500. The van der Waals surface area contributed by atoms with Crippen molar-refractivity contribution >= 4 is 29.1 Å². The number of benzene rings is 1. The number of hydrogen-bond acceptors (Lipinski definition) is 1. The van der Waals surface area contributed by atoms with Gasteiger partial charge in [0.05, 0.1) is 0 Å². The second kappa shape index (κ2) is 6.58. The molecule has 0 saturated heterocycles. The van der Waals surface area contributed by atoms with Gasteiger partial charge in [-0.3, -0.25) is 4.79 Å². The van der Waals surface area contributed by atoms with Gasteiger partial charge in [0.1, 0.15) is 11.2 Å². The van der Waals surface area contributed by atoms with Gasteiger partial charge in [0.25, 0.3) is 0 Å². The second-order valence-corrected chi connectivity index (χ2v) is 5.78. The van der Waals surface area contributed by atoms with E-state index in [2.05, 4.69) is 5.32 Å². The largest absolute Gasteiger partial charge is 0.352 e. The van der Waals surface area contributed by atoms with Crippen LogP contribution in [0.15, 0.2) is 18.2 Å². The minimum atomic E-state index is -0.907. The van der Waals surface area contributed by atoms with Crippen LogP contribution in [0.25, 0.3) is 0 Å². The molecule has 1 aromatic rings. The molecule has 1 amide bonds. The minimum absolute atomic E-state index is 0.187. The standard InChI is InChI=1S/C14H16Cl2FNO/c15-10-6-9(7-11(17)8-10)13(16)14(19)18-12-4-2-1-3-5-12/h6-8,12-13H,1-5H2,(H,18,19). The zero-order valence-corrected chi connectivity index (χ0v) is 12.0. The van der Waals surface area contributed by atoms with E-state index in [9.17, 15) is 9.18 Å². The number of carbonyl (C=O) groups is 1. The van der Waals surface area contributed by atoms with Crippen molar-refractivity contribution in [3.05, 3.63) is 34.6 Å². The van der Waals surface area contributed by atoms with Gasteiger partial charge in [0.2, 0.25) is 5.91 Å². The highest BCUT2D eigenvalue weighted by Gasteiger charge is 2.22. The predicted molar refractivity (Wildman–Crippen MR) is 75.0 cm³/mol. The van der Waals surface area contributed by atoms with Crippen molar-refractivity contribution in [1.82, 2.24) is 5.32 Å². The van der Waals surface area contributed by atoms with E-state index in [1.165, 1.54) is 24.6 Å². The van der Waals surface area contributed by atoms with E-state index in [0.717, 1.165) is 25.7 Å². The average Bonchev–Trinajstić information content (AvgIpc) is 2.37. The maximum Gasteiger partial charge on any atom is 0.242 e. The maximum absolute atomic E-state index is 13.2. The summed E-state index contributed by atoms with van der Waals surface area (Å²) in [4.78, 5) is 12.0. The molecule has 1 N–H and O–H groups in total. The van der Waals surface area contributed by atoms with Crippen molar-refractivity contribution in [3.63, 3.8) is 0 Å². The summed E-state index contributed by atoms with van der Waals surface area (Å²) in [5.41, 5.74) is 0.389. The smallest absolute Gasteiger partial charge is 0.242 e. The summed E-state index contributed by atoms with van der Waals surface area (Å²) in [6.45, 7) is 0. The Hall–Kier alpha value is -0.800. The van der Waals surface area contributed by atoms with Gasteiger partial charge in [-0.15, -0.1) is 11.6 Å². The monoisotopic (exact) mass is 303 g/mol. The van der Waals surface area contributed by atoms with E-state index in [1.54, 1.807) is 0 Å². The lowest BCUT2D eigenvalue weighted by atomic mass is 9.95. The van der Waals surface area contributed by atoms with Gasteiger partial charge in [-0.2, -0.15) is 0 Å². The summed E-state index contributed by atoms with van der Waals surface area (Å²) in [5.74, 6) is -0.770. The third kappa shape index (κ3) is 4.08. The highest BCUT2D eigenvalue weighted by Crippen LogP contribution is 2.26. The zero-order valence-electron chi connectivity index (χ0n) is 10.5. The van der Waals surface area contributed by atoms with Gasteiger partial charge in [0, 0.05) is 11.1 Å². The third-order valence-corrected chi connectivity index (χ3v) is 4.03. The van der Waals surface area contributed by atoms with Crippen molar-refractivity contribution in [3.8, 4) is 0 Å². The Morgan fingerprint density at radius 3 is 2.58 bits per heavy atom. The topological polar surface area (TPSA) is 29.1 Å². The number of halogens is 3. The SMILES string of the molecule is O=C(NC1CCCCC1)C(Cl)c1cc(F)cc(Cl)c1. The number of amides is 1. The normalized spacial score (nSPS) is 18.1. The van der Waals surface area contributed by atoms with E-state index in [0.29, 0.717) is 5.56 Å². The first kappa shape index (κ1) is 14.6. The van der Waals surface area contributed by atoms with Gasteiger partial charge in [-0.1, -0.05) is 30.9 Å². The van der Waals surface area contributed by atoms with Gasteiger partial charge in [0.15, 0.2) is 0 Å². The molecule has 0 bridgehead atoms. The quantitative estimate of drug-likeness (QED) is 0.833. The van der Waals surface area contributed by atoms with E-state index in [4.69, 9.17) is 23.2 Å².